The van der Waals surface area contributed by atoms with Crippen molar-refractivity contribution >= 4 is 22.8 Å². The molecule has 0 bridgehead atoms. The van der Waals surface area contributed by atoms with Crippen LogP contribution in [0.15, 0.2) is 18.2 Å². The predicted octanol–water partition coefficient (Wildman–Crippen LogP) is 2.49. The molecule has 2 atom stereocenters. The summed E-state index contributed by atoms with van der Waals surface area (Å²) < 4.78 is 5.36. The van der Waals surface area contributed by atoms with Gasteiger partial charge in [0.2, 0.25) is 0 Å². The van der Waals surface area contributed by atoms with Gasteiger partial charge < -0.3 is 19.7 Å². The molecule has 2 N–H and O–H groups in total. The molecule has 3 rings (SSSR count). The topological polar surface area (TPSA) is 82.6 Å². The van der Waals surface area contributed by atoms with Gasteiger partial charge in [-0.2, -0.15) is 0 Å². The molecule has 1 saturated heterocycles. The molecule has 6 nitrogen and oxygen atoms in total. The van der Waals surface area contributed by atoms with E-state index in [0.717, 1.165) is 22.2 Å². The maximum Gasteiger partial charge on any atom is 0.305 e. The van der Waals surface area contributed by atoms with Crippen LogP contribution in [0.25, 0.3) is 10.9 Å². The molecule has 2 unspecified atom stereocenters. The number of ether oxygens (including phenoxy) is 1. The number of benzene rings is 1. The maximum atomic E-state index is 13.1. The van der Waals surface area contributed by atoms with Gasteiger partial charge in [-0.25, -0.2) is 0 Å². The first kappa shape index (κ1) is 16.5. The Bertz CT molecular complexity index is 796. The Hall–Kier alpha value is -2.34. The summed E-state index contributed by atoms with van der Waals surface area (Å²) in [4.78, 5) is 29.1. The van der Waals surface area contributed by atoms with Crippen molar-refractivity contribution in [1.82, 2.24) is 9.88 Å². The third kappa shape index (κ3) is 2.78. The zero-order chi connectivity index (χ0) is 17.4. The highest BCUT2D eigenvalue weighted by Crippen LogP contribution is 2.29. The van der Waals surface area contributed by atoms with E-state index in [1.807, 2.05) is 26.0 Å². The van der Waals surface area contributed by atoms with Gasteiger partial charge >= 0.3 is 5.97 Å². The van der Waals surface area contributed by atoms with Crippen LogP contribution in [0.2, 0.25) is 0 Å². The van der Waals surface area contributed by atoms with Gasteiger partial charge in [-0.1, -0.05) is 12.1 Å². The summed E-state index contributed by atoms with van der Waals surface area (Å²) in [6.07, 6.45) is 0.363. The lowest BCUT2D eigenvalue weighted by molar-refractivity contribution is -0.137. The van der Waals surface area contributed by atoms with Crippen molar-refractivity contribution in [3.63, 3.8) is 0 Å². The molecule has 1 amide bonds. The van der Waals surface area contributed by atoms with Crippen LogP contribution in [0.3, 0.4) is 0 Å². The van der Waals surface area contributed by atoms with Crippen molar-refractivity contribution < 1.29 is 19.4 Å². The summed E-state index contributed by atoms with van der Waals surface area (Å²) in [7, 11) is 1.59. The standard InChI is InChI=1S/C18H22N2O4/c1-10-11(2)19-17-14(10)5-4-6-15(17)18(23)20-9-13(24-3)7-12(20)8-16(21)22/h4-6,12-13,19H,7-9H2,1-3H3,(H,21,22). The van der Waals surface area contributed by atoms with Crippen LogP contribution < -0.4 is 0 Å². The molecule has 0 spiro atoms. The zero-order valence-corrected chi connectivity index (χ0v) is 14.1. The second-order valence-corrected chi connectivity index (χ2v) is 6.41. The number of H-pyrrole nitrogens is 1. The first-order valence-electron chi connectivity index (χ1n) is 8.05. The van der Waals surface area contributed by atoms with Crippen LogP contribution in [0.1, 0.15) is 34.5 Å². The fourth-order valence-corrected chi connectivity index (χ4v) is 3.50. The molecule has 2 aromatic rings. The number of aryl methyl sites for hydroxylation is 2. The fraction of sp³-hybridized carbons (Fsp3) is 0.444. The number of likely N-dealkylation sites (tertiary alicyclic amines) is 1. The summed E-state index contributed by atoms with van der Waals surface area (Å²) in [6, 6.07) is 5.30. The van der Waals surface area contributed by atoms with Gasteiger partial charge in [-0.3, -0.25) is 9.59 Å². The lowest BCUT2D eigenvalue weighted by Crippen LogP contribution is -2.37. The second kappa shape index (κ2) is 6.28. The summed E-state index contributed by atoms with van der Waals surface area (Å²) in [6.45, 7) is 4.42. The highest BCUT2D eigenvalue weighted by Gasteiger charge is 2.37. The zero-order valence-electron chi connectivity index (χ0n) is 14.1. The van der Waals surface area contributed by atoms with Crippen LogP contribution in [-0.2, 0) is 9.53 Å². The van der Waals surface area contributed by atoms with E-state index in [4.69, 9.17) is 9.84 Å². The molecule has 1 aliphatic rings. The highest BCUT2D eigenvalue weighted by molar-refractivity contribution is 6.07. The Morgan fingerprint density at radius 2 is 2.12 bits per heavy atom. The third-order valence-corrected chi connectivity index (χ3v) is 4.95. The molecule has 2 heterocycles. The number of fused-ring (bicyclic) bond motifs is 1. The smallest absolute Gasteiger partial charge is 0.305 e. The average molecular weight is 330 g/mol. The number of carbonyl (C=O) groups is 2. The number of hydrogen-bond acceptors (Lipinski definition) is 3. The highest BCUT2D eigenvalue weighted by atomic mass is 16.5. The molecular weight excluding hydrogens is 308 g/mol. The first-order chi connectivity index (χ1) is 11.4. The van der Waals surface area contributed by atoms with Gasteiger partial charge in [0.05, 0.1) is 23.6 Å². The fourth-order valence-electron chi connectivity index (χ4n) is 3.50. The third-order valence-electron chi connectivity index (χ3n) is 4.95. The largest absolute Gasteiger partial charge is 0.481 e. The molecule has 0 aliphatic carbocycles. The normalized spacial score (nSPS) is 20.7. The number of hydrogen-bond donors (Lipinski definition) is 2. The van der Waals surface area contributed by atoms with E-state index >= 15 is 0 Å². The molecule has 0 saturated carbocycles. The van der Waals surface area contributed by atoms with Crippen LogP contribution in [0, 0.1) is 13.8 Å². The summed E-state index contributed by atoms with van der Waals surface area (Å²) >= 11 is 0. The second-order valence-electron chi connectivity index (χ2n) is 6.41. The van der Waals surface area contributed by atoms with Crippen molar-refractivity contribution in [2.75, 3.05) is 13.7 Å². The number of rotatable bonds is 4. The number of carbonyl (C=O) groups excluding carboxylic acids is 1. The predicted molar refractivity (Wildman–Crippen MR) is 90.3 cm³/mol. The van der Waals surface area contributed by atoms with E-state index in [1.165, 1.54) is 0 Å². The van der Waals surface area contributed by atoms with Crippen LogP contribution in [0.5, 0.6) is 0 Å². The van der Waals surface area contributed by atoms with Crippen molar-refractivity contribution in [2.24, 2.45) is 0 Å². The van der Waals surface area contributed by atoms with E-state index in [2.05, 4.69) is 4.98 Å². The minimum absolute atomic E-state index is 0.0651. The molecule has 1 fully saturated rings. The Morgan fingerprint density at radius 3 is 2.79 bits per heavy atom. The number of aromatic amines is 1. The summed E-state index contributed by atoms with van der Waals surface area (Å²) in [5.74, 6) is -1.05. The number of nitrogens with zero attached hydrogens (tertiary/aromatic N) is 1. The van der Waals surface area contributed by atoms with Crippen molar-refractivity contribution in [2.45, 2.75) is 38.8 Å². The number of methoxy groups -OCH3 is 1. The molecule has 6 heteroatoms. The van der Waals surface area contributed by atoms with E-state index in [9.17, 15) is 9.59 Å². The van der Waals surface area contributed by atoms with Gasteiger partial charge in [-0.05, 0) is 31.9 Å². The lowest BCUT2D eigenvalue weighted by Gasteiger charge is -2.23. The number of carboxylic acid groups (broad SMARTS) is 1. The van der Waals surface area contributed by atoms with Gasteiger partial charge in [-0.15, -0.1) is 0 Å². The molecule has 128 valence electrons. The van der Waals surface area contributed by atoms with Gasteiger partial charge in [0, 0.05) is 30.8 Å². The summed E-state index contributed by atoms with van der Waals surface area (Å²) in [5, 5.41) is 10.2. The van der Waals surface area contributed by atoms with E-state index < -0.39 is 5.97 Å². The van der Waals surface area contributed by atoms with Crippen LogP contribution in [-0.4, -0.2) is 52.7 Å². The Labute approximate surface area is 140 Å². The molecular formula is C18H22N2O4. The number of para-hydroxylation sites is 1. The Kier molecular flexibility index (Phi) is 4.32. The Balaban J connectivity index is 1.98. The number of aliphatic carboxylic acids is 1. The monoisotopic (exact) mass is 330 g/mol. The summed E-state index contributed by atoms with van der Waals surface area (Å²) in [5.41, 5.74) is 3.55. The number of carboxylic acids is 1. The Morgan fingerprint density at radius 1 is 1.38 bits per heavy atom. The maximum absolute atomic E-state index is 13.1. The quantitative estimate of drug-likeness (QED) is 0.902. The average Bonchev–Trinajstić information content (AvgIpc) is 3.08. The van der Waals surface area contributed by atoms with Gasteiger partial charge in [0.25, 0.3) is 5.91 Å². The van der Waals surface area contributed by atoms with Crippen molar-refractivity contribution in [1.29, 1.82) is 0 Å². The van der Waals surface area contributed by atoms with E-state index in [0.29, 0.717) is 18.5 Å². The van der Waals surface area contributed by atoms with Gasteiger partial charge in [0.1, 0.15) is 0 Å². The van der Waals surface area contributed by atoms with Crippen molar-refractivity contribution in [3.8, 4) is 0 Å². The molecule has 1 aliphatic heterocycles. The SMILES string of the molecule is COC1CC(CC(=O)O)N(C(=O)c2cccc3c(C)c(C)[nH]c23)C1. The molecule has 24 heavy (non-hydrogen) atoms. The van der Waals surface area contributed by atoms with E-state index in [-0.39, 0.29) is 24.5 Å². The number of nitrogens with one attached hydrogen (secondary N) is 1. The van der Waals surface area contributed by atoms with Crippen LogP contribution >= 0.6 is 0 Å². The van der Waals surface area contributed by atoms with Crippen molar-refractivity contribution in [3.05, 3.63) is 35.0 Å². The number of amides is 1. The molecule has 0 radical (unpaired) electrons. The lowest BCUT2D eigenvalue weighted by atomic mass is 10.1. The van der Waals surface area contributed by atoms with E-state index in [1.54, 1.807) is 18.1 Å². The minimum Gasteiger partial charge on any atom is -0.481 e. The molecule has 1 aromatic heterocycles. The minimum atomic E-state index is -0.903. The number of aromatic nitrogens is 1. The first-order valence-corrected chi connectivity index (χ1v) is 8.05. The van der Waals surface area contributed by atoms with Gasteiger partial charge in [0.15, 0.2) is 0 Å². The molecule has 1 aromatic carbocycles. The van der Waals surface area contributed by atoms with Crippen LogP contribution in [0.4, 0.5) is 0 Å².